The molecule has 0 bridgehead atoms. The molecule has 1 atom stereocenters. The van der Waals surface area contributed by atoms with Gasteiger partial charge < -0.3 is 10.1 Å². The molecule has 0 spiro atoms. The molecule has 0 aliphatic carbocycles. The van der Waals surface area contributed by atoms with Crippen molar-refractivity contribution in [1.82, 2.24) is 15.5 Å². The van der Waals surface area contributed by atoms with Gasteiger partial charge in [-0.15, -0.1) is 11.3 Å². The minimum atomic E-state index is -0.489. The zero-order chi connectivity index (χ0) is 18.4. The van der Waals surface area contributed by atoms with E-state index in [-0.39, 0.29) is 18.5 Å². The monoisotopic (exact) mass is 373 g/mol. The van der Waals surface area contributed by atoms with Gasteiger partial charge in [-0.3, -0.25) is 15.0 Å². The molecule has 0 fully saturated rings. The summed E-state index contributed by atoms with van der Waals surface area (Å²) in [5.74, 6) is -0.306. The van der Waals surface area contributed by atoms with Crippen molar-refractivity contribution in [3.63, 3.8) is 0 Å². The quantitative estimate of drug-likeness (QED) is 0.762. The van der Waals surface area contributed by atoms with Gasteiger partial charge in [-0.1, -0.05) is 30.3 Å². The van der Waals surface area contributed by atoms with E-state index in [1.807, 2.05) is 18.2 Å². The molecule has 1 aliphatic rings. The van der Waals surface area contributed by atoms with Gasteiger partial charge in [0.25, 0.3) is 0 Å². The molecule has 1 aromatic carbocycles. The number of fused-ring (bicyclic) bond motifs is 1. The van der Waals surface area contributed by atoms with Crippen LogP contribution >= 0.6 is 11.3 Å². The smallest absolute Gasteiger partial charge is 0.321 e. The highest BCUT2D eigenvalue weighted by molar-refractivity contribution is 7.10. The summed E-state index contributed by atoms with van der Waals surface area (Å²) in [6.07, 6.45) is 0.920. The minimum absolute atomic E-state index is 0.0357. The second kappa shape index (κ2) is 8.93. The summed E-state index contributed by atoms with van der Waals surface area (Å²) >= 11 is 1.76. The summed E-state index contributed by atoms with van der Waals surface area (Å²) < 4.78 is 4.87. The highest BCUT2D eigenvalue weighted by atomic mass is 32.1. The van der Waals surface area contributed by atoms with E-state index in [1.54, 1.807) is 18.4 Å². The first kappa shape index (κ1) is 18.6. The number of benzene rings is 1. The van der Waals surface area contributed by atoms with E-state index in [0.717, 1.165) is 18.5 Å². The third kappa shape index (κ3) is 4.49. The van der Waals surface area contributed by atoms with Crippen molar-refractivity contribution >= 4 is 23.3 Å². The molecule has 0 saturated heterocycles. The van der Waals surface area contributed by atoms with Crippen LogP contribution in [0.5, 0.6) is 0 Å². The van der Waals surface area contributed by atoms with Gasteiger partial charge in [0.2, 0.25) is 5.91 Å². The maximum atomic E-state index is 12.3. The molecule has 0 unspecified atom stereocenters. The van der Waals surface area contributed by atoms with E-state index < -0.39 is 6.03 Å². The molecule has 138 valence electrons. The van der Waals surface area contributed by atoms with Gasteiger partial charge in [-0.2, -0.15) is 0 Å². The third-order valence-corrected chi connectivity index (χ3v) is 5.37. The van der Waals surface area contributed by atoms with Gasteiger partial charge >= 0.3 is 6.03 Å². The van der Waals surface area contributed by atoms with E-state index >= 15 is 0 Å². The van der Waals surface area contributed by atoms with Crippen LogP contribution in [0.15, 0.2) is 41.8 Å². The number of hydrogen-bond acceptors (Lipinski definition) is 5. The summed E-state index contributed by atoms with van der Waals surface area (Å²) in [7, 11) is 1.56. The molecule has 1 aromatic heterocycles. The lowest BCUT2D eigenvalue weighted by Gasteiger charge is -2.35. The molecule has 26 heavy (non-hydrogen) atoms. The summed E-state index contributed by atoms with van der Waals surface area (Å²) in [6.45, 7) is 1.73. The summed E-state index contributed by atoms with van der Waals surface area (Å²) in [5.41, 5.74) is 2.41. The van der Waals surface area contributed by atoms with Crippen LogP contribution in [-0.2, 0) is 16.0 Å². The predicted molar refractivity (Wildman–Crippen MR) is 101 cm³/mol. The molecule has 2 aromatic rings. The Morgan fingerprint density at radius 1 is 1.27 bits per heavy atom. The normalized spacial score (nSPS) is 16.7. The average Bonchev–Trinajstić information content (AvgIpc) is 3.11. The molecule has 6 nitrogen and oxygen atoms in total. The number of amides is 3. The number of carbonyl (C=O) groups excluding carboxylic acids is 2. The van der Waals surface area contributed by atoms with Crippen LogP contribution in [0.25, 0.3) is 0 Å². The van der Waals surface area contributed by atoms with Crippen molar-refractivity contribution in [2.24, 2.45) is 0 Å². The van der Waals surface area contributed by atoms with Gasteiger partial charge in [0.15, 0.2) is 0 Å². The van der Waals surface area contributed by atoms with Gasteiger partial charge in [0, 0.05) is 25.1 Å². The number of carbonyl (C=O) groups is 2. The van der Waals surface area contributed by atoms with E-state index in [1.165, 1.54) is 10.4 Å². The number of urea groups is 1. The highest BCUT2D eigenvalue weighted by Crippen LogP contribution is 2.37. The summed E-state index contributed by atoms with van der Waals surface area (Å²) in [4.78, 5) is 27.6. The predicted octanol–water partition coefficient (Wildman–Crippen LogP) is 2.17. The van der Waals surface area contributed by atoms with Crippen LogP contribution < -0.4 is 10.6 Å². The molecule has 3 amide bonds. The van der Waals surface area contributed by atoms with Gasteiger partial charge in [0.1, 0.15) is 0 Å². The number of methoxy groups -OCH3 is 1. The first-order chi connectivity index (χ1) is 12.7. The van der Waals surface area contributed by atoms with E-state index in [0.29, 0.717) is 13.2 Å². The van der Waals surface area contributed by atoms with Crippen LogP contribution in [-0.4, -0.2) is 50.2 Å². The zero-order valence-electron chi connectivity index (χ0n) is 14.7. The van der Waals surface area contributed by atoms with Crippen LogP contribution in [0.2, 0.25) is 0 Å². The Morgan fingerprint density at radius 2 is 2.08 bits per heavy atom. The average molecular weight is 373 g/mol. The molecular formula is C19H23N3O3S. The lowest BCUT2D eigenvalue weighted by molar-refractivity contribution is -0.121. The van der Waals surface area contributed by atoms with Crippen LogP contribution in [0, 0.1) is 0 Å². The van der Waals surface area contributed by atoms with Crippen molar-refractivity contribution in [2.45, 2.75) is 12.5 Å². The lowest BCUT2D eigenvalue weighted by Crippen LogP contribution is -2.47. The number of imide groups is 1. The molecular weight excluding hydrogens is 350 g/mol. The first-order valence-electron chi connectivity index (χ1n) is 8.61. The summed E-state index contributed by atoms with van der Waals surface area (Å²) in [6, 6.07) is 11.9. The molecule has 0 radical (unpaired) electrons. The third-order valence-electron chi connectivity index (χ3n) is 4.37. The Hall–Kier alpha value is -2.22. The van der Waals surface area contributed by atoms with Crippen molar-refractivity contribution in [1.29, 1.82) is 0 Å². The Balaban J connectivity index is 1.68. The topological polar surface area (TPSA) is 70.7 Å². The SMILES string of the molecule is COCCNC(=O)NC(=O)CN1CCc2sccc2[C@@H]1c1ccccc1. The standard InChI is InChI=1S/C19H23N3O3S/c1-25-11-9-20-19(24)21-17(23)13-22-10-7-16-15(8-12-26-16)18(22)14-5-3-2-4-6-14/h2-6,8,12,18H,7,9-11,13H2,1H3,(H2,20,21,23,24)/t18-/m0/s1. The number of rotatable bonds is 6. The van der Waals surface area contributed by atoms with Crippen molar-refractivity contribution < 1.29 is 14.3 Å². The molecule has 2 N–H and O–H groups in total. The Morgan fingerprint density at radius 3 is 2.85 bits per heavy atom. The first-order valence-corrected chi connectivity index (χ1v) is 9.49. The lowest BCUT2D eigenvalue weighted by atomic mass is 9.93. The number of ether oxygens (including phenoxy) is 1. The van der Waals surface area contributed by atoms with Crippen molar-refractivity contribution in [3.8, 4) is 0 Å². The van der Waals surface area contributed by atoms with Crippen molar-refractivity contribution in [2.75, 3.05) is 33.4 Å². The highest BCUT2D eigenvalue weighted by Gasteiger charge is 2.30. The minimum Gasteiger partial charge on any atom is -0.383 e. The van der Waals surface area contributed by atoms with E-state index in [2.05, 4.69) is 39.1 Å². The Kier molecular flexibility index (Phi) is 6.38. The molecule has 1 aliphatic heterocycles. The van der Waals surface area contributed by atoms with Gasteiger partial charge in [0.05, 0.1) is 19.2 Å². The summed E-state index contributed by atoms with van der Waals surface area (Å²) in [5, 5.41) is 7.09. The van der Waals surface area contributed by atoms with Gasteiger partial charge in [-0.25, -0.2) is 4.79 Å². The van der Waals surface area contributed by atoms with E-state index in [4.69, 9.17) is 4.74 Å². The molecule has 3 rings (SSSR count). The van der Waals surface area contributed by atoms with Gasteiger partial charge in [-0.05, 0) is 29.0 Å². The van der Waals surface area contributed by atoms with Crippen LogP contribution in [0.4, 0.5) is 4.79 Å². The second-order valence-electron chi connectivity index (χ2n) is 6.13. The largest absolute Gasteiger partial charge is 0.383 e. The van der Waals surface area contributed by atoms with E-state index in [9.17, 15) is 9.59 Å². The fourth-order valence-corrected chi connectivity index (χ4v) is 4.13. The maximum Gasteiger partial charge on any atom is 0.321 e. The maximum absolute atomic E-state index is 12.3. The number of thiophene rings is 1. The number of nitrogens with zero attached hydrogens (tertiary/aromatic N) is 1. The second-order valence-corrected chi connectivity index (χ2v) is 7.13. The molecule has 0 saturated carbocycles. The van der Waals surface area contributed by atoms with Crippen molar-refractivity contribution in [3.05, 3.63) is 57.8 Å². The number of nitrogens with one attached hydrogen (secondary N) is 2. The Labute approximate surface area is 157 Å². The molecule has 2 heterocycles. The number of hydrogen-bond donors (Lipinski definition) is 2. The zero-order valence-corrected chi connectivity index (χ0v) is 15.6. The fourth-order valence-electron chi connectivity index (χ4n) is 3.23. The fraction of sp³-hybridized carbons (Fsp3) is 0.368. The molecule has 7 heteroatoms. The Bertz CT molecular complexity index is 747. The van der Waals surface area contributed by atoms with Crippen LogP contribution in [0.3, 0.4) is 0 Å². The van der Waals surface area contributed by atoms with Crippen LogP contribution in [0.1, 0.15) is 22.0 Å².